The number of methoxy groups -OCH3 is 1. The molecule has 0 bridgehead atoms. The Labute approximate surface area is 113 Å². The zero-order valence-electron chi connectivity index (χ0n) is 11.4. The summed E-state index contributed by atoms with van der Waals surface area (Å²) in [4.78, 5) is 11.8. The lowest BCUT2D eigenvalue weighted by Gasteiger charge is -2.18. The molecule has 1 aromatic rings. The molecular formula is C14H21N3O2. The Morgan fingerprint density at radius 1 is 1.37 bits per heavy atom. The Morgan fingerprint density at radius 3 is 2.79 bits per heavy atom. The molecule has 0 aromatic heterocycles. The lowest BCUT2D eigenvalue weighted by Crippen LogP contribution is -2.47. The molecular weight excluding hydrogens is 242 g/mol. The van der Waals surface area contributed by atoms with Crippen LogP contribution in [0.2, 0.25) is 0 Å². The highest BCUT2D eigenvalue weighted by molar-refractivity contribution is 5.74. The predicted octanol–water partition coefficient (Wildman–Crippen LogP) is 0.781. The van der Waals surface area contributed by atoms with E-state index in [9.17, 15) is 4.79 Å². The van der Waals surface area contributed by atoms with E-state index < -0.39 is 0 Å². The first-order valence-electron chi connectivity index (χ1n) is 6.52. The van der Waals surface area contributed by atoms with Gasteiger partial charge in [-0.3, -0.25) is 0 Å². The normalized spacial score (nSPS) is 22.2. The van der Waals surface area contributed by atoms with Gasteiger partial charge in [-0.25, -0.2) is 4.79 Å². The van der Waals surface area contributed by atoms with E-state index >= 15 is 0 Å². The van der Waals surface area contributed by atoms with Gasteiger partial charge < -0.3 is 20.7 Å². The second-order valence-electron chi connectivity index (χ2n) is 4.85. The van der Waals surface area contributed by atoms with Crippen LogP contribution in [0.15, 0.2) is 24.3 Å². The van der Waals surface area contributed by atoms with Crippen LogP contribution in [-0.2, 0) is 11.3 Å². The minimum atomic E-state index is -0.156. The van der Waals surface area contributed by atoms with Gasteiger partial charge in [-0.05, 0) is 12.5 Å². The van der Waals surface area contributed by atoms with E-state index in [1.165, 1.54) is 5.56 Å². The van der Waals surface area contributed by atoms with Crippen molar-refractivity contribution in [3.8, 4) is 0 Å². The van der Waals surface area contributed by atoms with Crippen molar-refractivity contribution in [1.82, 2.24) is 16.0 Å². The number of benzene rings is 1. The van der Waals surface area contributed by atoms with Crippen molar-refractivity contribution in [1.29, 1.82) is 0 Å². The van der Waals surface area contributed by atoms with Crippen molar-refractivity contribution in [3.05, 3.63) is 35.4 Å². The van der Waals surface area contributed by atoms with E-state index in [0.717, 1.165) is 18.7 Å². The van der Waals surface area contributed by atoms with E-state index in [0.29, 0.717) is 6.54 Å². The molecule has 0 unspecified atom stereocenters. The molecule has 1 fully saturated rings. The number of urea groups is 1. The van der Waals surface area contributed by atoms with Crippen LogP contribution in [0.5, 0.6) is 0 Å². The lowest BCUT2D eigenvalue weighted by atomic mass is 10.1. The fraction of sp³-hybridized carbons (Fsp3) is 0.500. The summed E-state index contributed by atoms with van der Waals surface area (Å²) in [6, 6.07) is 7.99. The van der Waals surface area contributed by atoms with Crippen molar-refractivity contribution in [2.75, 3.05) is 20.2 Å². The van der Waals surface area contributed by atoms with Crippen LogP contribution in [0.4, 0.5) is 4.79 Å². The summed E-state index contributed by atoms with van der Waals surface area (Å²) in [5.41, 5.74) is 2.31. The van der Waals surface area contributed by atoms with Gasteiger partial charge in [0, 0.05) is 26.7 Å². The number of carbonyl (C=O) groups excluding carboxylic acids is 1. The molecule has 1 aromatic carbocycles. The lowest BCUT2D eigenvalue weighted by molar-refractivity contribution is 0.0983. The summed E-state index contributed by atoms with van der Waals surface area (Å²) in [5.74, 6) is 0. The Bertz CT molecular complexity index is 419. The maximum absolute atomic E-state index is 11.8. The first kappa shape index (κ1) is 13.8. The average Bonchev–Trinajstić information content (AvgIpc) is 2.85. The van der Waals surface area contributed by atoms with Crippen LogP contribution in [0.1, 0.15) is 11.1 Å². The first-order chi connectivity index (χ1) is 9.19. The zero-order valence-corrected chi connectivity index (χ0v) is 11.4. The number of nitrogens with one attached hydrogen (secondary N) is 3. The van der Waals surface area contributed by atoms with E-state index in [1.54, 1.807) is 7.11 Å². The maximum Gasteiger partial charge on any atom is 0.315 e. The van der Waals surface area contributed by atoms with Gasteiger partial charge in [0.25, 0.3) is 0 Å². The Morgan fingerprint density at radius 2 is 2.11 bits per heavy atom. The number of carbonyl (C=O) groups is 1. The smallest absolute Gasteiger partial charge is 0.315 e. The van der Waals surface area contributed by atoms with Crippen molar-refractivity contribution in [2.45, 2.75) is 25.6 Å². The molecule has 104 valence electrons. The first-order valence-corrected chi connectivity index (χ1v) is 6.52. The molecule has 2 amide bonds. The number of hydrogen-bond donors (Lipinski definition) is 3. The molecule has 2 rings (SSSR count). The van der Waals surface area contributed by atoms with Gasteiger partial charge in [0.1, 0.15) is 0 Å². The Kier molecular flexibility index (Phi) is 4.76. The predicted molar refractivity (Wildman–Crippen MR) is 74.0 cm³/mol. The highest BCUT2D eigenvalue weighted by atomic mass is 16.5. The van der Waals surface area contributed by atoms with Gasteiger partial charge in [-0.2, -0.15) is 0 Å². The molecule has 5 heteroatoms. The van der Waals surface area contributed by atoms with Crippen molar-refractivity contribution in [3.63, 3.8) is 0 Å². The summed E-state index contributed by atoms with van der Waals surface area (Å²) in [6.45, 7) is 4.10. The van der Waals surface area contributed by atoms with E-state index in [1.807, 2.05) is 31.2 Å². The SMILES string of the molecule is CO[C@H]1CNC[C@@H]1NC(=O)NCc1ccc(C)cc1. The summed E-state index contributed by atoms with van der Waals surface area (Å²) >= 11 is 0. The second-order valence-corrected chi connectivity index (χ2v) is 4.85. The third-order valence-electron chi connectivity index (χ3n) is 3.35. The van der Waals surface area contributed by atoms with Gasteiger partial charge in [-0.15, -0.1) is 0 Å². The van der Waals surface area contributed by atoms with Crippen LogP contribution >= 0.6 is 0 Å². The molecule has 0 spiro atoms. The Balaban J connectivity index is 1.77. The van der Waals surface area contributed by atoms with Crippen LogP contribution in [0, 0.1) is 6.92 Å². The van der Waals surface area contributed by atoms with E-state index in [4.69, 9.17) is 4.74 Å². The zero-order chi connectivity index (χ0) is 13.7. The Hall–Kier alpha value is -1.59. The minimum Gasteiger partial charge on any atom is -0.378 e. The fourth-order valence-corrected chi connectivity index (χ4v) is 2.15. The molecule has 1 aliphatic rings. The minimum absolute atomic E-state index is 0.0306. The number of amides is 2. The van der Waals surface area contributed by atoms with Crippen molar-refractivity contribution in [2.24, 2.45) is 0 Å². The maximum atomic E-state index is 11.8. The third kappa shape index (κ3) is 3.94. The topological polar surface area (TPSA) is 62.4 Å². The molecule has 3 N–H and O–H groups in total. The standard InChI is InChI=1S/C14H21N3O2/c1-10-3-5-11(6-4-10)7-16-14(18)17-12-8-15-9-13(12)19-2/h3-6,12-13,15H,7-9H2,1-2H3,(H2,16,17,18)/t12-,13-/m0/s1. The fourth-order valence-electron chi connectivity index (χ4n) is 2.15. The highest BCUT2D eigenvalue weighted by Crippen LogP contribution is 2.04. The number of ether oxygens (including phenoxy) is 1. The molecule has 0 radical (unpaired) electrons. The quantitative estimate of drug-likeness (QED) is 0.752. The average molecular weight is 263 g/mol. The molecule has 5 nitrogen and oxygen atoms in total. The summed E-state index contributed by atoms with van der Waals surface area (Å²) in [6.07, 6.45) is 0.0464. The van der Waals surface area contributed by atoms with Gasteiger partial charge >= 0.3 is 6.03 Å². The second kappa shape index (κ2) is 6.54. The molecule has 1 heterocycles. The molecule has 2 atom stereocenters. The molecule has 19 heavy (non-hydrogen) atoms. The van der Waals surface area contributed by atoms with Crippen LogP contribution in [-0.4, -0.2) is 38.4 Å². The van der Waals surface area contributed by atoms with Gasteiger partial charge in [0.05, 0.1) is 12.1 Å². The van der Waals surface area contributed by atoms with E-state index in [-0.39, 0.29) is 18.2 Å². The van der Waals surface area contributed by atoms with Gasteiger partial charge in [0.15, 0.2) is 0 Å². The van der Waals surface area contributed by atoms with Crippen LogP contribution in [0.3, 0.4) is 0 Å². The number of aryl methyl sites for hydroxylation is 1. The van der Waals surface area contributed by atoms with Crippen LogP contribution < -0.4 is 16.0 Å². The monoisotopic (exact) mass is 263 g/mol. The summed E-state index contributed by atoms with van der Waals surface area (Å²) in [5, 5.41) is 8.97. The molecule has 0 aliphatic carbocycles. The summed E-state index contributed by atoms with van der Waals surface area (Å²) < 4.78 is 5.30. The van der Waals surface area contributed by atoms with Gasteiger partial charge in [0.2, 0.25) is 0 Å². The van der Waals surface area contributed by atoms with Gasteiger partial charge in [-0.1, -0.05) is 29.8 Å². The molecule has 1 aliphatic heterocycles. The molecule has 0 saturated carbocycles. The van der Waals surface area contributed by atoms with Crippen molar-refractivity contribution >= 4 is 6.03 Å². The van der Waals surface area contributed by atoms with Crippen LogP contribution in [0.25, 0.3) is 0 Å². The van der Waals surface area contributed by atoms with E-state index in [2.05, 4.69) is 16.0 Å². The largest absolute Gasteiger partial charge is 0.378 e. The number of rotatable bonds is 4. The molecule has 1 saturated heterocycles. The van der Waals surface area contributed by atoms with Crippen molar-refractivity contribution < 1.29 is 9.53 Å². The number of hydrogen-bond acceptors (Lipinski definition) is 3. The summed E-state index contributed by atoms with van der Waals surface area (Å²) in [7, 11) is 1.66. The third-order valence-corrected chi connectivity index (χ3v) is 3.35. The highest BCUT2D eigenvalue weighted by Gasteiger charge is 2.27.